The van der Waals surface area contributed by atoms with Crippen molar-refractivity contribution >= 4 is 11.8 Å². The number of likely N-dealkylation sites (N-methyl/N-ethyl adjacent to an activating group) is 1. The van der Waals surface area contributed by atoms with E-state index >= 15 is 0 Å². The first kappa shape index (κ1) is 13.5. The maximum atomic E-state index is 12.0. The molecule has 0 N–H and O–H groups in total. The molecule has 0 aromatic heterocycles. The Balaban J connectivity index is 2.13. The van der Waals surface area contributed by atoms with Gasteiger partial charge in [-0.1, -0.05) is 0 Å². The Morgan fingerprint density at radius 3 is 2.72 bits per heavy atom. The molecule has 0 spiro atoms. The highest BCUT2D eigenvalue weighted by atomic mass is 16.7. The summed E-state index contributed by atoms with van der Waals surface area (Å²) < 4.78 is 15.2. The van der Waals surface area contributed by atoms with Crippen LogP contribution in [0.15, 0.2) is 0 Å². The lowest BCUT2D eigenvalue weighted by molar-refractivity contribution is -0.154. The lowest BCUT2D eigenvalue weighted by atomic mass is 9.89. The molecule has 0 aromatic carbocycles. The topological polar surface area (TPSA) is 65.1 Å². The van der Waals surface area contributed by atoms with E-state index in [9.17, 15) is 9.59 Å². The number of ether oxygens (including phenoxy) is 3. The fourth-order valence-corrected chi connectivity index (χ4v) is 3.01. The molecule has 2 rings (SSSR count). The van der Waals surface area contributed by atoms with Gasteiger partial charge < -0.3 is 14.2 Å². The van der Waals surface area contributed by atoms with E-state index in [4.69, 9.17) is 14.2 Å². The van der Waals surface area contributed by atoms with E-state index in [0.717, 1.165) is 0 Å². The number of rotatable bonds is 4. The van der Waals surface area contributed by atoms with Gasteiger partial charge in [0.25, 0.3) is 0 Å². The Morgan fingerprint density at radius 2 is 2.11 bits per heavy atom. The largest absolute Gasteiger partial charge is 0.468 e. The third-order valence-electron chi connectivity index (χ3n) is 3.95. The molecule has 0 radical (unpaired) electrons. The Labute approximate surface area is 106 Å². The lowest BCUT2D eigenvalue weighted by Gasteiger charge is -2.35. The quantitative estimate of drug-likeness (QED) is 0.395. The van der Waals surface area contributed by atoms with Crippen LogP contribution in [0.3, 0.4) is 0 Å². The van der Waals surface area contributed by atoms with Crippen molar-refractivity contribution in [2.24, 2.45) is 5.92 Å². The van der Waals surface area contributed by atoms with Gasteiger partial charge >= 0.3 is 5.97 Å². The molecule has 6 nitrogen and oxygen atoms in total. The highest BCUT2D eigenvalue weighted by molar-refractivity contribution is 6.01. The number of fused-ring (bicyclic) bond motifs is 2. The van der Waals surface area contributed by atoms with Crippen molar-refractivity contribution in [1.82, 2.24) is 4.90 Å². The SMILES string of the molecule is COCO[C@H]1CC2C(C(=O)OC)C(=O)CC1N2C. The lowest BCUT2D eigenvalue weighted by Crippen LogP contribution is -2.51. The van der Waals surface area contributed by atoms with Crippen LogP contribution >= 0.6 is 0 Å². The zero-order valence-corrected chi connectivity index (χ0v) is 10.9. The molecule has 6 heteroatoms. The zero-order chi connectivity index (χ0) is 13.3. The highest BCUT2D eigenvalue weighted by Gasteiger charge is 2.53. The summed E-state index contributed by atoms with van der Waals surface area (Å²) in [6.45, 7) is 0.207. The summed E-state index contributed by atoms with van der Waals surface area (Å²) in [5.41, 5.74) is 0. The minimum absolute atomic E-state index is 0.0403. The number of esters is 1. The van der Waals surface area contributed by atoms with E-state index in [1.54, 1.807) is 7.11 Å². The molecule has 3 unspecified atom stereocenters. The summed E-state index contributed by atoms with van der Waals surface area (Å²) in [7, 11) is 4.80. The first-order valence-electron chi connectivity index (χ1n) is 6.03. The number of carbonyl (C=O) groups excluding carboxylic acids is 2. The fraction of sp³-hybridized carbons (Fsp3) is 0.833. The maximum absolute atomic E-state index is 12.0. The molecule has 0 aliphatic carbocycles. The molecule has 0 amide bonds. The molecule has 0 aromatic rings. The van der Waals surface area contributed by atoms with Gasteiger partial charge in [0, 0.05) is 25.6 Å². The van der Waals surface area contributed by atoms with Gasteiger partial charge in [-0.3, -0.25) is 14.5 Å². The van der Waals surface area contributed by atoms with Crippen molar-refractivity contribution < 1.29 is 23.8 Å². The van der Waals surface area contributed by atoms with Crippen LogP contribution in [0, 0.1) is 5.92 Å². The predicted octanol–water partition coefficient (Wildman–Crippen LogP) is -0.190. The third-order valence-corrected chi connectivity index (χ3v) is 3.95. The Hall–Kier alpha value is -0.980. The summed E-state index contributed by atoms with van der Waals surface area (Å²) in [5.74, 6) is -1.16. The van der Waals surface area contributed by atoms with Crippen LogP contribution in [-0.2, 0) is 23.8 Å². The molecule has 2 fully saturated rings. The van der Waals surface area contributed by atoms with Gasteiger partial charge in [0.05, 0.1) is 13.2 Å². The number of hydrogen-bond acceptors (Lipinski definition) is 6. The van der Waals surface area contributed by atoms with E-state index in [-0.39, 0.29) is 30.8 Å². The monoisotopic (exact) mass is 257 g/mol. The molecular weight excluding hydrogens is 238 g/mol. The number of methoxy groups -OCH3 is 2. The van der Waals surface area contributed by atoms with Crippen molar-refractivity contribution in [3.8, 4) is 0 Å². The summed E-state index contributed by atoms with van der Waals surface area (Å²) in [6, 6.07) is -0.0795. The molecule has 2 aliphatic heterocycles. The van der Waals surface area contributed by atoms with E-state index in [2.05, 4.69) is 4.90 Å². The smallest absolute Gasteiger partial charge is 0.317 e. The maximum Gasteiger partial charge on any atom is 0.317 e. The number of Topliss-reactive ketones (excluding diaryl/α,β-unsaturated/α-hetero) is 1. The van der Waals surface area contributed by atoms with Crippen molar-refractivity contribution in [2.45, 2.75) is 31.0 Å². The van der Waals surface area contributed by atoms with Crippen LogP contribution in [0.5, 0.6) is 0 Å². The molecule has 2 aliphatic rings. The van der Waals surface area contributed by atoms with Crippen LogP contribution < -0.4 is 0 Å². The van der Waals surface area contributed by atoms with E-state index in [1.807, 2.05) is 7.05 Å². The van der Waals surface area contributed by atoms with Crippen molar-refractivity contribution in [1.29, 1.82) is 0 Å². The van der Waals surface area contributed by atoms with E-state index < -0.39 is 11.9 Å². The van der Waals surface area contributed by atoms with Crippen LogP contribution in [0.1, 0.15) is 12.8 Å². The molecule has 4 atom stereocenters. The summed E-state index contributed by atoms with van der Waals surface area (Å²) in [4.78, 5) is 25.8. The van der Waals surface area contributed by atoms with Gasteiger partial charge in [0.2, 0.25) is 0 Å². The third kappa shape index (κ3) is 2.15. The van der Waals surface area contributed by atoms with Crippen LogP contribution in [0.2, 0.25) is 0 Å². The van der Waals surface area contributed by atoms with Crippen molar-refractivity contribution in [3.05, 3.63) is 0 Å². The average Bonchev–Trinajstić information content (AvgIpc) is 2.57. The molecule has 0 saturated carbocycles. The van der Waals surface area contributed by atoms with Gasteiger partial charge in [0.1, 0.15) is 18.5 Å². The minimum Gasteiger partial charge on any atom is -0.468 e. The number of hydrogen-bond donors (Lipinski definition) is 0. The Morgan fingerprint density at radius 1 is 1.39 bits per heavy atom. The summed E-state index contributed by atoms with van der Waals surface area (Å²) >= 11 is 0. The Bertz CT molecular complexity index is 345. The predicted molar refractivity (Wildman–Crippen MR) is 61.8 cm³/mol. The average molecular weight is 257 g/mol. The van der Waals surface area contributed by atoms with Crippen LogP contribution in [0.25, 0.3) is 0 Å². The van der Waals surface area contributed by atoms with Gasteiger partial charge in [0.15, 0.2) is 0 Å². The van der Waals surface area contributed by atoms with Gasteiger partial charge in [-0.15, -0.1) is 0 Å². The number of piperidine rings is 1. The fourth-order valence-electron chi connectivity index (χ4n) is 3.01. The Kier molecular flexibility index (Phi) is 3.99. The molecular formula is C12H19NO5. The minimum atomic E-state index is -0.674. The van der Waals surface area contributed by atoms with E-state index in [1.165, 1.54) is 7.11 Å². The van der Waals surface area contributed by atoms with Gasteiger partial charge in [-0.05, 0) is 13.5 Å². The second-order valence-electron chi connectivity index (χ2n) is 4.82. The molecule has 18 heavy (non-hydrogen) atoms. The normalized spacial score (nSPS) is 35.8. The standard InChI is InChI=1S/C12H19NO5/c1-13-7-4-9(14)11(12(15)17-3)8(13)5-10(7)18-6-16-2/h7-8,10-11H,4-6H2,1-3H3/t7?,8?,10-,11?/m0/s1. The second kappa shape index (κ2) is 5.34. The summed E-state index contributed by atoms with van der Waals surface area (Å²) in [6.07, 6.45) is 0.940. The van der Waals surface area contributed by atoms with E-state index in [0.29, 0.717) is 12.8 Å². The molecule has 2 bridgehead atoms. The van der Waals surface area contributed by atoms with Gasteiger partial charge in [-0.2, -0.15) is 0 Å². The van der Waals surface area contributed by atoms with Crippen molar-refractivity contribution in [2.75, 3.05) is 28.1 Å². The van der Waals surface area contributed by atoms with Gasteiger partial charge in [-0.25, -0.2) is 0 Å². The second-order valence-corrected chi connectivity index (χ2v) is 4.82. The number of ketones is 1. The van der Waals surface area contributed by atoms with Crippen molar-refractivity contribution in [3.63, 3.8) is 0 Å². The van der Waals surface area contributed by atoms with Crippen LogP contribution in [0.4, 0.5) is 0 Å². The summed E-state index contributed by atoms with van der Waals surface area (Å²) in [5, 5.41) is 0. The number of nitrogens with zero attached hydrogens (tertiary/aromatic N) is 1. The number of carbonyl (C=O) groups is 2. The molecule has 2 heterocycles. The highest BCUT2D eigenvalue weighted by Crippen LogP contribution is 2.38. The van der Waals surface area contributed by atoms with Crippen LogP contribution in [-0.4, -0.2) is 62.9 Å². The molecule has 102 valence electrons. The molecule has 2 saturated heterocycles. The zero-order valence-electron chi connectivity index (χ0n) is 10.9. The first-order valence-corrected chi connectivity index (χ1v) is 6.03. The first-order chi connectivity index (χ1) is 8.60.